The number of imidazole rings is 1. The smallest absolute Gasteiger partial charge is 0.108 e. The third kappa shape index (κ3) is 3.92. The molecule has 1 rings (SSSR count). The lowest BCUT2D eigenvalue weighted by Gasteiger charge is -2.17. The number of unbranched alkanes of at least 4 members (excludes halogenated alkanes) is 1. The summed E-state index contributed by atoms with van der Waals surface area (Å²) in [6, 6.07) is 0. The van der Waals surface area contributed by atoms with Crippen LogP contribution < -0.4 is 0 Å². The van der Waals surface area contributed by atoms with Crippen molar-refractivity contribution in [1.82, 2.24) is 14.5 Å². The van der Waals surface area contributed by atoms with Gasteiger partial charge in [0.25, 0.3) is 0 Å². The molecule has 1 heterocycles. The molecule has 14 heavy (non-hydrogen) atoms. The predicted molar refractivity (Wildman–Crippen MR) is 58.1 cm³/mol. The summed E-state index contributed by atoms with van der Waals surface area (Å²) >= 11 is 0. The van der Waals surface area contributed by atoms with Crippen LogP contribution in [0.2, 0.25) is 0 Å². The normalized spacial score (nSPS) is 11.1. The number of hydrogen-bond donors (Lipinski definition) is 0. The van der Waals surface area contributed by atoms with Gasteiger partial charge in [-0.25, -0.2) is 4.98 Å². The van der Waals surface area contributed by atoms with Gasteiger partial charge in [-0.15, -0.1) is 0 Å². The first kappa shape index (κ1) is 11.2. The van der Waals surface area contributed by atoms with E-state index in [0.717, 1.165) is 19.6 Å². The Hall–Kier alpha value is -0.830. The molecule has 0 atom stereocenters. The van der Waals surface area contributed by atoms with E-state index in [1.807, 2.05) is 12.5 Å². The van der Waals surface area contributed by atoms with Gasteiger partial charge in [0, 0.05) is 12.7 Å². The van der Waals surface area contributed by atoms with E-state index < -0.39 is 0 Å². The quantitative estimate of drug-likeness (QED) is 0.617. The molecule has 0 aliphatic carbocycles. The molecule has 0 bridgehead atoms. The average Bonchev–Trinajstić information content (AvgIpc) is 2.71. The Morgan fingerprint density at radius 3 is 2.64 bits per heavy atom. The summed E-state index contributed by atoms with van der Waals surface area (Å²) in [5, 5.41) is 0. The summed E-state index contributed by atoms with van der Waals surface area (Å²) in [6.45, 7) is 9.04. The van der Waals surface area contributed by atoms with Gasteiger partial charge in [-0.3, -0.25) is 0 Å². The Bertz CT molecular complexity index is 214. The molecule has 0 saturated carbocycles. The second kappa shape index (κ2) is 6.60. The molecular weight excluding hydrogens is 174 g/mol. The van der Waals surface area contributed by atoms with Crippen LogP contribution in [0.5, 0.6) is 0 Å². The van der Waals surface area contributed by atoms with Crippen molar-refractivity contribution in [2.24, 2.45) is 0 Å². The van der Waals surface area contributed by atoms with Crippen LogP contribution in [-0.2, 0) is 6.54 Å². The summed E-state index contributed by atoms with van der Waals surface area (Å²) in [6.07, 6.45) is 9.02. The van der Waals surface area contributed by atoms with E-state index in [9.17, 15) is 0 Å². The van der Waals surface area contributed by atoms with Crippen molar-refractivity contribution in [3.8, 4) is 0 Å². The van der Waals surface area contributed by atoms with Crippen LogP contribution in [-0.4, -0.2) is 34.1 Å². The van der Waals surface area contributed by atoms with E-state index in [1.165, 1.54) is 19.4 Å². The lowest BCUT2D eigenvalue weighted by molar-refractivity contribution is 0.294. The fourth-order valence-electron chi connectivity index (χ4n) is 1.54. The van der Waals surface area contributed by atoms with E-state index in [4.69, 9.17) is 0 Å². The van der Waals surface area contributed by atoms with Gasteiger partial charge in [0.15, 0.2) is 0 Å². The fraction of sp³-hybridized carbons (Fsp3) is 0.727. The van der Waals surface area contributed by atoms with Gasteiger partial charge < -0.3 is 9.47 Å². The van der Waals surface area contributed by atoms with Crippen molar-refractivity contribution < 1.29 is 0 Å². The number of rotatable bonds is 7. The fourth-order valence-corrected chi connectivity index (χ4v) is 1.54. The van der Waals surface area contributed by atoms with Gasteiger partial charge in [0.2, 0.25) is 0 Å². The van der Waals surface area contributed by atoms with Gasteiger partial charge in [0.1, 0.15) is 6.20 Å². The molecule has 3 heteroatoms. The van der Waals surface area contributed by atoms with E-state index in [0.29, 0.717) is 0 Å². The molecule has 1 aromatic rings. The minimum atomic E-state index is 1.07. The Kier molecular flexibility index (Phi) is 5.30. The van der Waals surface area contributed by atoms with Crippen LogP contribution in [0.25, 0.3) is 0 Å². The third-order valence-electron chi connectivity index (χ3n) is 2.54. The average molecular weight is 194 g/mol. The van der Waals surface area contributed by atoms with Crippen molar-refractivity contribution in [3.05, 3.63) is 18.7 Å². The molecule has 1 aromatic heterocycles. The zero-order chi connectivity index (χ0) is 10.2. The molecule has 0 aromatic carbocycles. The summed E-state index contributed by atoms with van der Waals surface area (Å²) < 4.78 is 2.09. The molecule has 79 valence electrons. The van der Waals surface area contributed by atoms with Crippen LogP contribution in [0.15, 0.2) is 12.5 Å². The second-order valence-electron chi connectivity index (χ2n) is 3.47. The number of aromatic nitrogens is 2. The van der Waals surface area contributed by atoms with Crippen molar-refractivity contribution in [1.29, 1.82) is 0 Å². The molecule has 0 aliphatic heterocycles. The van der Waals surface area contributed by atoms with Crippen molar-refractivity contribution in [2.45, 2.75) is 33.2 Å². The van der Waals surface area contributed by atoms with Gasteiger partial charge in [-0.05, 0) is 32.5 Å². The number of hydrogen-bond acceptors (Lipinski definition) is 2. The maximum absolute atomic E-state index is 3.90. The largest absolute Gasteiger partial charge is 0.337 e. The van der Waals surface area contributed by atoms with Gasteiger partial charge >= 0.3 is 0 Å². The molecule has 0 fully saturated rings. The molecule has 1 radical (unpaired) electrons. The molecule has 0 aliphatic rings. The van der Waals surface area contributed by atoms with Crippen LogP contribution in [0.4, 0.5) is 0 Å². The number of nitrogens with zero attached hydrogens (tertiary/aromatic N) is 3. The van der Waals surface area contributed by atoms with Crippen molar-refractivity contribution >= 4 is 0 Å². The van der Waals surface area contributed by atoms with E-state index >= 15 is 0 Å². The van der Waals surface area contributed by atoms with E-state index in [-0.39, 0.29) is 0 Å². The molecule has 0 spiro atoms. The van der Waals surface area contributed by atoms with Crippen LogP contribution >= 0.6 is 0 Å². The molecule has 0 N–H and O–H groups in total. The van der Waals surface area contributed by atoms with Crippen molar-refractivity contribution in [3.63, 3.8) is 0 Å². The highest BCUT2D eigenvalue weighted by Gasteiger charge is 1.98. The topological polar surface area (TPSA) is 21.1 Å². The van der Waals surface area contributed by atoms with E-state index in [1.54, 1.807) is 0 Å². The Morgan fingerprint density at radius 1 is 1.29 bits per heavy atom. The summed E-state index contributed by atoms with van der Waals surface area (Å²) in [5.41, 5.74) is 0. The van der Waals surface area contributed by atoms with Crippen LogP contribution in [0, 0.1) is 6.20 Å². The molecule has 0 saturated heterocycles. The third-order valence-corrected chi connectivity index (χ3v) is 2.54. The summed E-state index contributed by atoms with van der Waals surface area (Å²) in [4.78, 5) is 6.35. The lowest BCUT2D eigenvalue weighted by Crippen LogP contribution is -2.24. The predicted octanol–water partition coefficient (Wildman–Crippen LogP) is 1.81. The van der Waals surface area contributed by atoms with Crippen molar-refractivity contribution in [2.75, 3.05) is 19.6 Å². The molecule has 0 unspecified atom stereocenters. The first-order chi connectivity index (χ1) is 6.86. The maximum Gasteiger partial charge on any atom is 0.108 e. The second-order valence-corrected chi connectivity index (χ2v) is 3.47. The monoisotopic (exact) mass is 194 g/mol. The Morgan fingerprint density at radius 2 is 2.07 bits per heavy atom. The van der Waals surface area contributed by atoms with Gasteiger partial charge in [-0.2, -0.15) is 0 Å². The highest BCUT2D eigenvalue weighted by atomic mass is 15.1. The van der Waals surface area contributed by atoms with E-state index in [2.05, 4.69) is 34.5 Å². The highest BCUT2D eigenvalue weighted by molar-refractivity contribution is 4.71. The summed E-state index contributed by atoms with van der Waals surface area (Å²) in [7, 11) is 0. The first-order valence-corrected chi connectivity index (χ1v) is 5.47. The van der Waals surface area contributed by atoms with Gasteiger partial charge in [0.05, 0.1) is 6.33 Å². The molecular formula is C11H20N3. The first-order valence-electron chi connectivity index (χ1n) is 5.47. The zero-order valence-electron chi connectivity index (χ0n) is 9.24. The maximum atomic E-state index is 3.90. The SMILES string of the molecule is CCN(CC)CCCCn1c[c]nc1. The Balaban J connectivity index is 2.04. The Labute approximate surface area is 86.7 Å². The standard InChI is InChI=1S/C11H20N3/c1-3-13(4-2)8-5-6-9-14-10-7-12-11-14/h10-11H,3-6,8-9H2,1-2H3. The zero-order valence-corrected chi connectivity index (χ0v) is 9.24. The molecule has 3 nitrogen and oxygen atoms in total. The minimum Gasteiger partial charge on any atom is -0.337 e. The number of aryl methyl sites for hydroxylation is 1. The lowest BCUT2D eigenvalue weighted by atomic mass is 10.3. The van der Waals surface area contributed by atoms with Crippen LogP contribution in [0.3, 0.4) is 0 Å². The minimum absolute atomic E-state index is 1.07. The molecule has 0 amide bonds. The van der Waals surface area contributed by atoms with Crippen LogP contribution in [0.1, 0.15) is 26.7 Å². The van der Waals surface area contributed by atoms with Gasteiger partial charge in [-0.1, -0.05) is 13.8 Å². The summed E-state index contributed by atoms with van der Waals surface area (Å²) in [5.74, 6) is 0. The highest BCUT2D eigenvalue weighted by Crippen LogP contribution is 1.97.